The molecule has 0 unspecified atom stereocenters. The minimum Gasteiger partial charge on any atom is -0.383 e. The average molecular weight is 520 g/mol. The number of nitrogens with two attached hydrogens (primary N) is 1. The molecule has 0 atom stereocenters. The van der Waals surface area contributed by atoms with Gasteiger partial charge in [0.2, 0.25) is 17.8 Å². The first kappa shape index (κ1) is 24.2. The number of ether oxygens (including phenoxy) is 1. The fraction of sp³-hybridized carbons (Fsp3) is 0.346. The Balaban J connectivity index is 1.17. The Labute approximate surface area is 217 Å². The minimum atomic E-state index is -2.50. The van der Waals surface area contributed by atoms with Gasteiger partial charge in [0, 0.05) is 67.7 Å². The molecule has 1 saturated carbocycles. The number of nitrogens with zero attached hydrogens (tertiary/aromatic N) is 7. The second kappa shape index (κ2) is 9.28. The number of hydrogen-bond acceptors (Lipinski definition) is 9. The van der Waals surface area contributed by atoms with Crippen molar-refractivity contribution in [2.75, 3.05) is 42.8 Å². The van der Waals surface area contributed by atoms with Crippen molar-refractivity contribution in [1.82, 2.24) is 29.7 Å². The van der Waals surface area contributed by atoms with E-state index in [1.165, 1.54) is 0 Å². The van der Waals surface area contributed by atoms with Crippen LogP contribution in [-0.4, -0.2) is 62.4 Å². The summed E-state index contributed by atoms with van der Waals surface area (Å²) in [6.07, 6.45) is 3.30. The molecule has 1 aliphatic heterocycles. The van der Waals surface area contributed by atoms with E-state index in [1.54, 1.807) is 30.3 Å². The van der Waals surface area contributed by atoms with E-state index in [-0.39, 0.29) is 24.2 Å². The zero-order chi connectivity index (χ0) is 26.3. The first-order valence-corrected chi connectivity index (χ1v) is 12.3. The van der Waals surface area contributed by atoms with E-state index < -0.39 is 5.92 Å². The molecule has 2 fully saturated rings. The maximum absolute atomic E-state index is 13.3. The Morgan fingerprint density at radius 2 is 1.76 bits per heavy atom. The van der Waals surface area contributed by atoms with Crippen molar-refractivity contribution in [1.29, 1.82) is 0 Å². The third-order valence-corrected chi connectivity index (χ3v) is 6.94. The Kier molecular flexibility index (Phi) is 5.90. The summed E-state index contributed by atoms with van der Waals surface area (Å²) in [6, 6.07) is 13.3. The standard InChI is InChI=1S/C26H27F2N9O/c1-38-11-10-37-24(32-19-5-2-17(3-6-19)20-8-9-30-23(29)33-20)34-22(35-37)18-4-7-21(31-12-18)36-15-25(16-36)13-26(27,28)14-25/h2-9,12H,10-11,13-16H2,1H3,(H2,29,30,33)(H,32,34,35). The number of nitrogens with one attached hydrogen (secondary N) is 1. The second-order valence-corrected chi connectivity index (χ2v) is 9.95. The fourth-order valence-corrected chi connectivity index (χ4v) is 5.18. The number of anilines is 4. The molecule has 196 valence electrons. The zero-order valence-corrected chi connectivity index (χ0v) is 20.8. The molecule has 4 heterocycles. The number of nitrogen functional groups attached to an aromatic ring is 1. The Hall–Kier alpha value is -4.19. The van der Waals surface area contributed by atoms with Crippen LogP contribution in [0, 0.1) is 5.41 Å². The third kappa shape index (κ3) is 4.74. The molecular weight excluding hydrogens is 492 g/mol. The first-order valence-electron chi connectivity index (χ1n) is 12.3. The molecule has 10 nitrogen and oxygen atoms in total. The lowest BCUT2D eigenvalue weighted by Gasteiger charge is -2.59. The highest BCUT2D eigenvalue weighted by atomic mass is 19.3. The van der Waals surface area contributed by atoms with Crippen molar-refractivity contribution < 1.29 is 13.5 Å². The SMILES string of the molecule is COCCn1nc(-c2ccc(N3CC4(C3)CC(F)(F)C4)nc2)nc1Nc1ccc(-c2ccnc(N)n2)cc1. The number of benzene rings is 1. The minimum absolute atomic E-state index is 0.0226. The number of alkyl halides is 2. The van der Waals surface area contributed by atoms with Gasteiger partial charge in [0.25, 0.3) is 0 Å². The van der Waals surface area contributed by atoms with Gasteiger partial charge in [0.1, 0.15) is 5.82 Å². The number of hydrogen-bond donors (Lipinski definition) is 2. The van der Waals surface area contributed by atoms with Crippen molar-refractivity contribution in [2.45, 2.75) is 25.3 Å². The normalized spacial score (nSPS) is 17.2. The average Bonchev–Trinajstić information content (AvgIpc) is 3.27. The van der Waals surface area contributed by atoms with Gasteiger partial charge < -0.3 is 20.7 Å². The fourth-order valence-electron chi connectivity index (χ4n) is 5.18. The van der Waals surface area contributed by atoms with E-state index in [2.05, 4.69) is 25.4 Å². The van der Waals surface area contributed by atoms with E-state index in [4.69, 9.17) is 15.5 Å². The van der Waals surface area contributed by atoms with Gasteiger partial charge in [-0.05, 0) is 30.3 Å². The molecule has 6 rings (SSSR count). The largest absolute Gasteiger partial charge is 0.383 e. The molecule has 0 amide bonds. The molecular formula is C26H27F2N9O. The van der Waals surface area contributed by atoms with Crippen LogP contribution in [0.15, 0.2) is 54.9 Å². The van der Waals surface area contributed by atoms with Gasteiger partial charge in [-0.1, -0.05) is 12.1 Å². The van der Waals surface area contributed by atoms with Gasteiger partial charge in [0.05, 0.1) is 18.8 Å². The van der Waals surface area contributed by atoms with Crippen LogP contribution < -0.4 is 16.0 Å². The third-order valence-electron chi connectivity index (χ3n) is 6.94. The molecule has 0 radical (unpaired) electrons. The monoisotopic (exact) mass is 519 g/mol. The summed E-state index contributed by atoms with van der Waals surface area (Å²) < 4.78 is 33.6. The highest BCUT2D eigenvalue weighted by Crippen LogP contribution is 2.57. The molecule has 0 bridgehead atoms. The number of halogens is 2. The maximum Gasteiger partial charge on any atom is 0.249 e. The van der Waals surface area contributed by atoms with Crippen LogP contribution >= 0.6 is 0 Å². The maximum atomic E-state index is 13.3. The molecule has 2 aliphatic rings. The van der Waals surface area contributed by atoms with Crippen molar-refractivity contribution >= 4 is 23.4 Å². The molecule has 12 heteroatoms. The lowest BCUT2D eigenvalue weighted by atomic mass is 9.61. The highest BCUT2D eigenvalue weighted by Gasteiger charge is 2.61. The smallest absolute Gasteiger partial charge is 0.249 e. The molecule has 3 aromatic heterocycles. The Morgan fingerprint density at radius 3 is 2.42 bits per heavy atom. The van der Waals surface area contributed by atoms with Crippen LogP contribution in [0.2, 0.25) is 0 Å². The predicted molar refractivity (Wildman–Crippen MR) is 139 cm³/mol. The summed E-state index contributed by atoms with van der Waals surface area (Å²) >= 11 is 0. The second-order valence-electron chi connectivity index (χ2n) is 9.95. The van der Waals surface area contributed by atoms with Crippen molar-refractivity contribution in [3.63, 3.8) is 0 Å². The van der Waals surface area contributed by atoms with E-state index >= 15 is 0 Å². The summed E-state index contributed by atoms with van der Waals surface area (Å²) in [5.41, 5.74) is 8.70. The molecule has 3 N–H and O–H groups in total. The van der Waals surface area contributed by atoms with Crippen molar-refractivity contribution in [2.24, 2.45) is 5.41 Å². The first-order chi connectivity index (χ1) is 18.3. The van der Waals surface area contributed by atoms with Gasteiger partial charge in [0.15, 0.2) is 5.82 Å². The van der Waals surface area contributed by atoms with Crippen LogP contribution in [0.25, 0.3) is 22.6 Å². The number of pyridine rings is 1. The van der Waals surface area contributed by atoms with Gasteiger partial charge in [-0.3, -0.25) is 0 Å². The zero-order valence-electron chi connectivity index (χ0n) is 20.8. The molecule has 1 saturated heterocycles. The Bertz CT molecular complexity index is 1420. The predicted octanol–water partition coefficient (Wildman–Crippen LogP) is 4.00. The molecule has 1 spiro atoms. The molecule has 1 aliphatic carbocycles. The topological polar surface area (TPSA) is 120 Å². The van der Waals surface area contributed by atoms with Crippen LogP contribution in [0.3, 0.4) is 0 Å². The lowest BCUT2D eigenvalue weighted by molar-refractivity contribution is -0.170. The van der Waals surface area contributed by atoms with Gasteiger partial charge in [-0.25, -0.2) is 28.4 Å². The number of rotatable bonds is 8. The summed E-state index contributed by atoms with van der Waals surface area (Å²) in [5.74, 6) is -0.416. The summed E-state index contributed by atoms with van der Waals surface area (Å²) in [4.78, 5) is 19.5. The Morgan fingerprint density at radius 1 is 1.00 bits per heavy atom. The molecule has 1 aromatic carbocycles. The van der Waals surface area contributed by atoms with E-state index in [1.807, 2.05) is 41.3 Å². The highest BCUT2D eigenvalue weighted by molar-refractivity contribution is 5.66. The molecule has 38 heavy (non-hydrogen) atoms. The van der Waals surface area contributed by atoms with E-state index in [0.29, 0.717) is 38.0 Å². The van der Waals surface area contributed by atoms with Gasteiger partial charge in [-0.2, -0.15) is 4.98 Å². The summed E-state index contributed by atoms with van der Waals surface area (Å²) in [6.45, 7) is 2.22. The van der Waals surface area contributed by atoms with Crippen LogP contribution in [0.4, 0.5) is 32.2 Å². The van der Waals surface area contributed by atoms with E-state index in [0.717, 1.165) is 28.3 Å². The van der Waals surface area contributed by atoms with Crippen LogP contribution in [0.5, 0.6) is 0 Å². The van der Waals surface area contributed by atoms with E-state index in [9.17, 15) is 8.78 Å². The molecule has 4 aromatic rings. The van der Waals surface area contributed by atoms with Gasteiger partial charge in [-0.15, -0.1) is 5.10 Å². The quantitative estimate of drug-likeness (QED) is 0.356. The summed E-state index contributed by atoms with van der Waals surface area (Å²) in [5, 5.41) is 7.98. The van der Waals surface area contributed by atoms with Gasteiger partial charge >= 0.3 is 0 Å². The summed E-state index contributed by atoms with van der Waals surface area (Å²) in [7, 11) is 1.64. The van der Waals surface area contributed by atoms with Crippen molar-refractivity contribution in [3.8, 4) is 22.6 Å². The number of aromatic nitrogens is 6. The number of methoxy groups -OCH3 is 1. The van der Waals surface area contributed by atoms with Crippen molar-refractivity contribution in [3.05, 3.63) is 54.9 Å². The van der Waals surface area contributed by atoms with Crippen LogP contribution in [-0.2, 0) is 11.3 Å². The van der Waals surface area contributed by atoms with Crippen LogP contribution in [0.1, 0.15) is 12.8 Å². The lowest BCUT2D eigenvalue weighted by Crippen LogP contribution is -2.66.